The molecule has 2 aliphatic carbocycles. The van der Waals surface area contributed by atoms with E-state index < -0.39 is 0 Å². The molecular weight excluding hydrogens is 352 g/mol. The van der Waals surface area contributed by atoms with Gasteiger partial charge in [0.05, 0.1) is 12.9 Å². The molecule has 0 spiro atoms. The number of carbonyl (C=O) groups excluding carboxylic acids is 2. The van der Waals surface area contributed by atoms with Crippen molar-refractivity contribution in [2.45, 2.75) is 64.2 Å². The summed E-state index contributed by atoms with van der Waals surface area (Å²) >= 11 is 0. The lowest BCUT2D eigenvalue weighted by Crippen LogP contribution is -2.34. The third-order valence-corrected chi connectivity index (χ3v) is 6.12. The maximum absolute atomic E-state index is 12.7. The van der Waals surface area contributed by atoms with E-state index in [0.29, 0.717) is 24.0 Å². The summed E-state index contributed by atoms with van der Waals surface area (Å²) in [5.41, 5.74) is 4.16. The minimum atomic E-state index is -0.314. The molecule has 0 saturated heterocycles. The number of fused-ring (bicyclic) bond motifs is 1. The summed E-state index contributed by atoms with van der Waals surface area (Å²) in [4.78, 5) is 24.2. The highest BCUT2D eigenvalue weighted by molar-refractivity contribution is 5.97. The average molecular weight is 383 g/mol. The molecule has 0 saturated carbocycles. The molecule has 0 aromatic heterocycles. The first kappa shape index (κ1) is 20.4. The van der Waals surface area contributed by atoms with Gasteiger partial charge in [0.2, 0.25) is 0 Å². The van der Waals surface area contributed by atoms with Crippen molar-refractivity contribution in [3.05, 3.63) is 58.4 Å². The van der Waals surface area contributed by atoms with Crippen LogP contribution in [0.4, 0.5) is 0 Å². The molecule has 0 atom stereocenters. The van der Waals surface area contributed by atoms with Gasteiger partial charge in [-0.2, -0.15) is 0 Å². The van der Waals surface area contributed by atoms with Gasteiger partial charge in [0, 0.05) is 17.6 Å². The second kappa shape index (κ2) is 7.57. The van der Waals surface area contributed by atoms with E-state index in [1.807, 2.05) is 6.07 Å². The van der Waals surface area contributed by atoms with Crippen LogP contribution in [0.5, 0.6) is 0 Å². The predicted molar refractivity (Wildman–Crippen MR) is 109 cm³/mol. The molecule has 0 radical (unpaired) electrons. The van der Waals surface area contributed by atoms with Crippen LogP contribution in [-0.4, -0.2) is 25.5 Å². The highest BCUT2D eigenvalue weighted by atomic mass is 16.5. The lowest BCUT2D eigenvalue weighted by Gasteiger charge is -2.42. The molecule has 4 nitrogen and oxygen atoms in total. The largest absolute Gasteiger partial charge is 0.490 e. The summed E-state index contributed by atoms with van der Waals surface area (Å²) in [6.45, 7) is 9.07. The van der Waals surface area contributed by atoms with E-state index in [4.69, 9.17) is 9.47 Å². The minimum absolute atomic E-state index is 0.00976. The third kappa shape index (κ3) is 4.06. The first-order valence-electron chi connectivity index (χ1n) is 9.93. The third-order valence-electron chi connectivity index (χ3n) is 6.12. The molecule has 3 rings (SSSR count). The van der Waals surface area contributed by atoms with E-state index in [1.54, 1.807) is 12.2 Å². The highest BCUT2D eigenvalue weighted by Crippen LogP contribution is 2.45. The van der Waals surface area contributed by atoms with Crippen molar-refractivity contribution < 1.29 is 19.1 Å². The normalized spacial score (nSPS) is 19.8. The number of Topliss-reactive ketones (excluding diaryl/α,β-unsaturated/α-hetero) is 1. The van der Waals surface area contributed by atoms with Gasteiger partial charge in [0.15, 0.2) is 12.4 Å². The molecule has 0 bridgehead atoms. The van der Waals surface area contributed by atoms with Crippen LogP contribution in [0.15, 0.2) is 41.7 Å². The van der Waals surface area contributed by atoms with Gasteiger partial charge in [-0.25, -0.2) is 4.79 Å². The Morgan fingerprint density at radius 1 is 0.964 bits per heavy atom. The zero-order chi connectivity index (χ0) is 20.5. The number of hydrogen-bond acceptors (Lipinski definition) is 4. The van der Waals surface area contributed by atoms with Gasteiger partial charge in [-0.3, -0.25) is 4.79 Å². The number of carbonyl (C=O) groups is 2. The zero-order valence-corrected chi connectivity index (χ0v) is 17.6. The Morgan fingerprint density at radius 2 is 1.64 bits per heavy atom. The number of ketones is 1. The molecule has 28 heavy (non-hydrogen) atoms. The summed E-state index contributed by atoms with van der Waals surface area (Å²) in [7, 11) is 1.37. The van der Waals surface area contributed by atoms with Crippen LogP contribution >= 0.6 is 0 Å². The van der Waals surface area contributed by atoms with Crippen molar-refractivity contribution in [1.29, 1.82) is 0 Å². The first-order valence-corrected chi connectivity index (χ1v) is 9.93. The van der Waals surface area contributed by atoms with E-state index in [0.717, 1.165) is 18.6 Å². The lowest BCUT2D eigenvalue weighted by molar-refractivity contribution is -0.136. The zero-order valence-electron chi connectivity index (χ0n) is 17.6. The summed E-state index contributed by atoms with van der Waals surface area (Å²) in [6, 6.07) is 6.11. The summed E-state index contributed by atoms with van der Waals surface area (Å²) < 4.78 is 10.4. The Morgan fingerprint density at radius 3 is 2.25 bits per heavy atom. The second-order valence-electron chi connectivity index (χ2n) is 9.06. The fraction of sp³-hybridized carbons (Fsp3) is 0.500. The van der Waals surface area contributed by atoms with Gasteiger partial charge >= 0.3 is 5.97 Å². The number of benzene rings is 1. The van der Waals surface area contributed by atoms with Gasteiger partial charge in [0.25, 0.3) is 0 Å². The van der Waals surface area contributed by atoms with Crippen LogP contribution < -0.4 is 0 Å². The standard InChI is InChI=1S/C24H30O4/c1-23(2)12-13-24(3,4)20-14-17(8-11-19(20)23)21(25)15-28-18-9-6-16(7-10-18)22(26)27-5/h6,8-9,11,14H,7,10,12-13,15H2,1-5H3. The number of ether oxygens (including phenoxy) is 2. The molecule has 4 heteroatoms. The fourth-order valence-corrected chi connectivity index (χ4v) is 4.04. The molecule has 0 amide bonds. The maximum atomic E-state index is 12.7. The van der Waals surface area contributed by atoms with Crippen molar-refractivity contribution in [3.8, 4) is 0 Å². The lowest BCUT2D eigenvalue weighted by atomic mass is 9.63. The minimum Gasteiger partial charge on any atom is -0.490 e. The second-order valence-corrected chi connectivity index (χ2v) is 9.06. The summed E-state index contributed by atoms with van der Waals surface area (Å²) in [6.07, 6.45) is 6.89. The Kier molecular flexibility index (Phi) is 5.51. The molecule has 0 heterocycles. The highest BCUT2D eigenvalue weighted by Gasteiger charge is 2.37. The van der Waals surface area contributed by atoms with Crippen LogP contribution in [0, 0.1) is 0 Å². The average Bonchev–Trinajstić information content (AvgIpc) is 2.69. The van der Waals surface area contributed by atoms with E-state index in [-0.39, 0.29) is 29.2 Å². The van der Waals surface area contributed by atoms with Crippen molar-refractivity contribution in [2.24, 2.45) is 0 Å². The van der Waals surface area contributed by atoms with Gasteiger partial charge in [-0.05, 0) is 59.4 Å². The molecule has 0 fully saturated rings. The summed E-state index contributed by atoms with van der Waals surface area (Å²) in [5.74, 6) is 0.386. The van der Waals surface area contributed by atoms with Crippen LogP contribution in [0.1, 0.15) is 74.9 Å². The first-order chi connectivity index (χ1) is 13.1. The maximum Gasteiger partial charge on any atom is 0.333 e. The molecule has 1 aromatic carbocycles. The quantitative estimate of drug-likeness (QED) is 0.530. The number of allylic oxidation sites excluding steroid dienone is 3. The number of hydrogen-bond donors (Lipinski definition) is 0. The molecule has 0 unspecified atom stereocenters. The molecular formula is C24H30O4. The Balaban J connectivity index is 1.72. The van der Waals surface area contributed by atoms with Crippen molar-refractivity contribution >= 4 is 11.8 Å². The van der Waals surface area contributed by atoms with Gasteiger partial charge < -0.3 is 9.47 Å². The number of esters is 1. The topological polar surface area (TPSA) is 52.6 Å². The Bertz CT molecular complexity index is 855. The van der Waals surface area contributed by atoms with E-state index >= 15 is 0 Å². The Hall–Kier alpha value is -2.36. The van der Waals surface area contributed by atoms with Crippen LogP contribution in [0.25, 0.3) is 0 Å². The van der Waals surface area contributed by atoms with E-state index in [1.165, 1.54) is 18.2 Å². The van der Waals surface area contributed by atoms with Crippen molar-refractivity contribution in [1.82, 2.24) is 0 Å². The van der Waals surface area contributed by atoms with Gasteiger partial charge in [-0.1, -0.05) is 39.8 Å². The molecule has 0 N–H and O–H groups in total. The predicted octanol–water partition coefficient (Wildman–Crippen LogP) is 5.01. The van der Waals surface area contributed by atoms with Crippen LogP contribution in [0.3, 0.4) is 0 Å². The molecule has 1 aromatic rings. The van der Waals surface area contributed by atoms with Crippen LogP contribution in [-0.2, 0) is 25.1 Å². The van der Waals surface area contributed by atoms with Crippen molar-refractivity contribution in [3.63, 3.8) is 0 Å². The Labute approximate surface area is 167 Å². The number of methoxy groups -OCH3 is 1. The van der Waals surface area contributed by atoms with Crippen LogP contribution in [0.2, 0.25) is 0 Å². The van der Waals surface area contributed by atoms with E-state index in [2.05, 4.69) is 39.8 Å². The summed E-state index contributed by atoms with van der Waals surface area (Å²) in [5, 5.41) is 0. The van der Waals surface area contributed by atoms with E-state index in [9.17, 15) is 9.59 Å². The SMILES string of the molecule is COC(=O)C1=CC=C(OCC(=O)c2ccc3c(c2)C(C)(C)CCC3(C)C)CC1. The van der Waals surface area contributed by atoms with Crippen molar-refractivity contribution in [2.75, 3.05) is 13.7 Å². The van der Waals surface area contributed by atoms with Gasteiger partial charge in [-0.15, -0.1) is 0 Å². The monoisotopic (exact) mass is 382 g/mol. The number of rotatable bonds is 5. The molecule has 150 valence electrons. The van der Waals surface area contributed by atoms with Gasteiger partial charge in [0.1, 0.15) is 0 Å². The molecule has 0 aliphatic heterocycles. The fourth-order valence-electron chi connectivity index (χ4n) is 4.04. The smallest absolute Gasteiger partial charge is 0.333 e. The molecule has 2 aliphatic rings.